The fourth-order valence-electron chi connectivity index (χ4n) is 2.86. The van der Waals surface area contributed by atoms with Crippen molar-refractivity contribution in [3.05, 3.63) is 76.4 Å². The lowest BCUT2D eigenvalue weighted by Crippen LogP contribution is -2.09. The number of esters is 1. The van der Waals surface area contributed by atoms with E-state index in [-0.39, 0.29) is 11.7 Å². The third-order valence-electron chi connectivity index (χ3n) is 4.41. The van der Waals surface area contributed by atoms with Gasteiger partial charge in [-0.05, 0) is 57.2 Å². The zero-order valence-electron chi connectivity index (χ0n) is 16.5. The maximum absolute atomic E-state index is 13.1. The molecule has 2 aromatic heterocycles. The summed E-state index contributed by atoms with van der Waals surface area (Å²) in [5, 5.41) is 8.68. The van der Waals surface area contributed by atoms with Crippen molar-refractivity contribution in [2.24, 2.45) is 0 Å². The number of rotatable bonds is 5. The Morgan fingerprint density at radius 1 is 1.10 bits per heavy atom. The summed E-state index contributed by atoms with van der Waals surface area (Å²) in [6, 6.07) is 13.6. The Labute approximate surface area is 176 Å². The van der Waals surface area contributed by atoms with Crippen LogP contribution in [0.4, 0.5) is 4.39 Å². The fourth-order valence-corrected chi connectivity index (χ4v) is 3.81. The Morgan fingerprint density at radius 2 is 1.87 bits per heavy atom. The first-order valence-corrected chi connectivity index (χ1v) is 10.1. The van der Waals surface area contributed by atoms with Crippen LogP contribution in [-0.4, -0.2) is 21.2 Å². The van der Waals surface area contributed by atoms with E-state index in [1.807, 2.05) is 31.2 Å². The number of hydrogen-bond acceptors (Lipinski definition) is 7. The fraction of sp³-hybridized carbons (Fsp3) is 0.182. The number of aryl methyl sites for hydroxylation is 2. The lowest BCUT2D eigenvalue weighted by atomic mass is 10.1. The van der Waals surface area contributed by atoms with Gasteiger partial charge in [-0.15, -0.1) is 21.5 Å². The molecule has 0 amide bonds. The summed E-state index contributed by atoms with van der Waals surface area (Å²) < 4.78 is 24.4. The van der Waals surface area contributed by atoms with Gasteiger partial charge < -0.3 is 9.15 Å². The average molecular weight is 423 g/mol. The van der Waals surface area contributed by atoms with Crippen molar-refractivity contribution in [1.82, 2.24) is 15.2 Å². The van der Waals surface area contributed by atoms with E-state index in [1.165, 1.54) is 23.5 Å². The van der Waals surface area contributed by atoms with Gasteiger partial charge in [0.25, 0.3) is 5.89 Å². The first-order valence-electron chi connectivity index (χ1n) is 9.25. The molecule has 4 aromatic rings. The van der Waals surface area contributed by atoms with Gasteiger partial charge in [-0.25, -0.2) is 14.2 Å². The predicted molar refractivity (Wildman–Crippen MR) is 111 cm³/mol. The summed E-state index contributed by atoms with van der Waals surface area (Å²) >= 11 is 1.19. The normalized spacial score (nSPS) is 12.0. The van der Waals surface area contributed by atoms with Crippen LogP contribution in [0.15, 0.2) is 52.9 Å². The van der Waals surface area contributed by atoms with Crippen LogP contribution in [0.3, 0.4) is 0 Å². The molecule has 0 aliphatic rings. The zero-order chi connectivity index (χ0) is 21.3. The monoisotopic (exact) mass is 423 g/mol. The van der Waals surface area contributed by atoms with Gasteiger partial charge in [0.2, 0.25) is 5.89 Å². The molecule has 152 valence electrons. The Bertz CT molecular complexity index is 1200. The van der Waals surface area contributed by atoms with Crippen molar-refractivity contribution in [3.63, 3.8) is 0 Å². The molecule has 0 aliphatic heterocycles. The van der Waals surface area contributed by atoms with Crippen LogP contribution in [0.25, 0.3) is 22.0 Å². The molecule has 2 heterocycles. The van der Waals surface area contributed by atoms with E-state index in [9.17, 15) is 9.18 Å². The molecule has 0 bridgehead atoms. The lowest BCUT2D eigenvalue weighted by molar-refractivity contribution is 0.0284. The van der Waals surface area contributed by atoms with Gasteiger partial charge >= 0.3 is 5.97 Å². The number of halogens is 1. The first kappa shape index (κ1) is 19.9. The van der Waals surface area contributed by atoms with Gasteiger partial charge in [0.15, 0.2) is 6.10 Å². The topological polar surface area (TPSA) is 78.1 Å². The Morgan fingerprint density at radius 3 is 2.60 bits per heavy atom. The molecule has 30 heavy (non-hydrogen) atoms. The van der Waals surface area contributed by atoms with Gasteiger partial charge in [0, 0.05) is 11.1 Å². The Balaban J connectivity index is 1.50. The minimum Gasteiger partial charge on any atom is -0.448 e. The van der Waals surface area contributed by atoms with Crippen molar-refractivity contribution >= 4 is 17.3 Å². The smallest absolute Gasteiger partial charge is 0.351 e. The largest absolute Gasteiger partial charge is 0.448 e. The van der Waals surface area contributed by atoms with Crippen LogP contribution >= 0.6 is 11.3 Å². The van der Waals surface area contributed by atoms with E-state index >= 15 is 0 Å². The number of ether oxygens (including phenoxy) is 1. The van der Waals surface area contributed by atoms with Crippen LogP contribution in [0, 0.1) is 19.7 Å². The number of benzene rings is 2. The number of carbonyl (C=O) groups excluding carboxylic acids is 1. The first-order chi connectivity index (χ1) is 14.4. The second-order valence-electron chi connectivity index (χ2n) is 6.80. The highest BCUT2D eigenvalue weighted by Gasteiger charge is 2.23. The van der Waals surface area contributed by atoms with Gasteiger partial charge in [0.1, 0.15) is 15.7 Å². The summed E-state index contributed by atoms with van der Waals surface area (Å²) in [6.07, 6.45) is -0.723. The maximum atomic E-state index is 13.1. The third-order valence-corrected chi connectivity index (χ3v) is 5.60. The lowest BCUT2D eigenvalue weighted by Gasteiger charge is -2.08. The summed E-state index contributed by atoms with van der Waals surface area (Å²) in [4.78, 5) is 17.4. The summed E-state index contributed by atoms with van der Waals surface area (Å²) in [7, 11) is 0. The Hall–Kier alpha value is -3.39. The molecule has 6 nitrogen and oxygen atoms in total. The van der Waals surface area contributed by atoms with E-state index in [0.717, 1.165) is 16.7 Å². The van der Waals surface area contributed by atoms with Crippen molar-refractivity contribution in [1.29, 1.82) is 0 Å². The van der Waals surface area contributed by atoms with E-state index in [2.05, 4.69) is 15.2 Å². The number of thiazole rings is 1. The van der Waals surface area contributed by atoms with Crippen LogP contribution in [-0.2, 0) is 4.74 Å². The average Bonchev–Trinajstić information content (AvgIpc) is 3.36. The van der Waals surface area contributed by atoms with Crippen LogP contribution in [0.5, 0.6) is 0 Å². The highest BCUT2D eigenvalue weighted by atomic mass is 32.1. The van der Waals surface area contributed by atoms with Crippen molar-refractivity contribution in [2.75, 3.05) is 0 Å². The molecule has 0 saturated heterocycles. The van der Waals surface area contributed by atoms with Crippen molar-refractivity contribution in [2.45, 2.75) is 26.9 Å². The minimum atomic E-state index is -0.723. The van der Waals surface area contributed by atoms with Crippen LogP contribution < -0.4 is 0 Å². The molecule has 0 aliphatic carbocycles. The van der Waals surface area contributed by atoms with Crippen molar-refractivity contribution in [3.8, 4) is 22.0 Å². The maximum Gasteiger partial charge on any atom is 0.351 e. The van der Waals surface area contributed by atoms with Gasteiger partial charge in [-0.1, -0.05) is 17.7 Å². The van der Waals surface area contributed by atoms with Crippen LogP contribution in [0.1, 0.15) is 39.8 Å². The SMILES string of the molecule is Cc1cccc(-c2nnc(C(C)OC(=O)c3sc(-c4ccc(F)cc4)nc3C)o2)c1. The molecule has 0 N–H and O–H groups in total. The molecule has 0 spiro atoms. The second-order valence-corrected chi connectivity index (χ2v) is 7.80. The molecule has 0 saturated carbocycles. The van der Waals surface area contributed by atoms with Gasteiger partial charge in [0.05, 0.1) is 5.69 Å². The molecule has 1 unspecified atom stereocenters. The summed E-state index contributed by atoms with van der Waals surface area (Å²) in [6.45, 7) is 5.37. The quantitative estimate of drug-likeness (QED) is 0.393. The summed E-state index contributed by atoms with van der Waals surface area (Å²) in [5.74, 6) is -0.281. The van der Waals surface area contributed by atoms with E-state index in [1.54, 1.807) is 26.0 Å². The molecular weight excluding hydrogens is 405 g/mol. The molecule has 8 heteroatoms. The van der Waals surface area contributed by atoms with Crippen LogP contribution in [0.2, 0.25) is 0 Å². The van der Waals surface area contributed by atoms with Crippen molar-refractivity contribution < 1.29 is 18.3 Å². The Kier molecular flexibility index (Phi) is 5.41. The van der Waals surface area contributed by atoms with E-state index in [4.69, 9.17) is 9.15 Å². The highest BCUT2D eigenvalue weighted by molar-refractivity contribution is 7.17. The van der Waals surface area contributed by atoms with Gasteiger partial charge in [-0.2, -0.15) is 0 Å². The standard InChI is InChI=1S/C22H18FN3O3S/c1-12-5-4-6-16(11-12)20-26-25-19(29-20)14(3)28-22(27)18-13(2)24-21(30-18)15-7-9-17(23)10-8-15/h4-11,14H,1-3H3. The predicted octanol–water partition coefficient (Wildman–Crippen LogP) is 5.53. The zero-order valence-corrected chi connectivity index (χ0v) is 17.4. The van der Waals surface area contributed by atoms with E-state index in [0.29, 0.717) is 21.5 Å². The minimum absolute atomic E-state index is 0.209. The number of aromatic nitrogens is 3. The molecule has 0 radical (unpaired) electrons. The summed E-state index contributed by atoms with van der Waals surface area (Å²) in [5.41, 5.74) is 3.15. The number of nitrogens with zero attached hydrogens (tertiary/aromatic N) is 3. The highest BCUT2D eigenvalue weighted by Crippen LogP contribution is 2.30. The second kappa shape index (κ2) is 8.16. The number of carbonyl (C=O) groups is 1. The molecule has 4 rings (SSSR count). The molecule has 2 aromatic carbocycles. The van der Waals surface area contributed by atoms with Gasteiger partial charge in [-0.3, -0.25) is 0 Å². The van der Waals surface area contributed by atoms with E-state index < -0.39 is 12.1 Å². The number of hydrogen-bond donors (Lipinski definition) is 0. The molecule has 1 atom stereocenters. The molecular formula is C22H18FN3O3S. The third kappa shape index (κ3) is 4.13. The molecule has 0 fully saturated rings.